The summed E-state index contributed by atoms with van der Waals surface area (Å²) in [7, 11) is 0. The first-order valence-corrected chi connectivity index (χ1v) is 7.89. The zero-order chi connectivity index (χ0) is 14.4. The number of carbonyl (C=O) groups excluding carboxylic acids is 1. The highest BCUT2D eigenvalue weighted by molar-refractivity contribution is 5.72. The molecular weight excluding hydrogens is 258 g/mol. The lowest BCUT2D eigenvalue weighted by molar-refractivity contribution is -0.149. The van der Waals surface area contributed by atoms with E-state index in [1.54, 1.807) is 0 Å². The van der Waals surface area contributed by atoms with Crippen molar-refractivity contribution >= 4 is 5.97 Å². The van der Waals surface area contributed by atoms with Crippen LogP contribution in [0.1, 0.15) is 39.0 Å². The topological polar surface area (TPSA) is 59.0 Å². The lowest BCUT2D eigenvalue weighted by Gasteiger charge is -2.33. The van der Waals surface area contributed by atoms with Crippen molar-refractivity contribution in [2.75, 3.05) is 32.8 Å². The Kier molecular flexibility index (Phi) is 6.26. The van der Waals surface area contributed by atoms with E-state index < -0.39 is 0 Å². The van der Waals surface area contributed by atoms with E-state index in [0.717, 1.165) is 58.3 Å². The second-order valence-corrected chi connectivity index (χ2v) is 5.78. The van der Waals surface area contributed by atoms with Crippen molar-refractivity contribution < 1.29 is 19.4 Å². The largest absolute Gasteiger partial charge is 0.466 e. The number of likely N-dealkylation sites (tertiary alicyclic amines) is 1. The van der Waals surface area contributed by atoms with Crippen LogP contribution in [-0.2, 0) is 14.3 Å². The van der Waals surface area contributed by atoms with Crippen LogP contribution in [0.4, 0.5) is 0 Å². The van der Waals surface area contributed by atoms with Gasteiger partial charge in [-0.3, -0.25) is 4.79 Å². The van der Waals surface area contributed by atoms with Crippen LogP contribution < -0.4 is 0 Å². The Balaban J connectivity index is 1.65. The third-order valence-electron chi connectivity index (χ3n) is 4.34. The number of rotatable bonds is 5. The van der Waals surface area contributed by atoms with Gasteiger partial charge in [0.15, 0.2) is 0 Å². The molecule has 2 atom stereocenters. The summed E-state index contributed by atoms with van der Waals surface area (Å²) in [5.74, 6) is 0.0286. The van der Waals surface area contributed by atoms with Gasteiger partial charge in [-0.2, -0.15) is 0 Å². The molecule has 0 aromatic heterocycles. The first-order valence-electron chi connectivity index (χ1n) is 7.89. The Morgan fingerprint density at radius 2 is 2.10 bits per heavy atom. The fraction of sp³-hybridized carbons (Fsp3) is 0.933. The molecule has 2 fully saturated rings. The number of aliphatic hydroxyl groups excluding tert-OH is 1. The summed E-state index contributed by atoms with van der Waals surface area (Å²) < 4.78 is 10.7. The Bertz CT molecular complexity index is 302. The summed E-state index contributed by atoms with van der Waals surface area (Å²) in [5.41, 5.74) is 0. The zero-order valence-corrected chi connectivity index (χ0v) is 12.4. The molecule has 0 aromatic carbocycles. The Morgan fingerprint density at radius 1 is 1.35 bits per heavy atom. The van der Waals surface area contributed by atoms with Gasteiger partial charge in [-0.25, -0.2) is 0 Å². The van der Waals surface area contributed by atoms with Gasteiger partial charge in [0.1, 0.15) is 0 Å². The van der Waals surface area contributed by atoms with Gasteiger partial charge in [0.2, 0.25) is 0 Å². The standard InChI is InChI=1S/C15H27NO4/c1-2-19-15(18)12-5-8-16(9-6-12)10-7-14-13(17)4-3-11-20-14/h12-14,17H,2-11H2,1H3/t13-,14-/m0/s1. The molecule has 0 aliphatic carbocycles. The summed E-state index contributed by atoms with van der Waals surface area (Å²) in [4.78, 5) is 14.0. The lowest BCUT2D eigenvalue weighted by atomic mass is 9.96. The summed E-state index contributed by atoms with van der Waals surface area (Å²) in [6.07, 6.45) is 4.15. The third-order valence-corrected chi connectivity index (χ3v) is 4.34. The molecule has 0 saturated carbocycles. The molecule has 1 N–H and O–H groups in total. The molecule has 2 heterocycles. The van der Waals surface area contributed by atoms with E-state index in [1.807, 2.05) is 6.92 Å². The number of ether oxygens (including phenoxy) is 2. The predicted octanol–water partition coefficient (Wildman–Crippen LogP) is 1.19. The molecule has 0 radical (unpaired) electrons. The van der Waals surface area contributed by atoms with Crippen molar-refractivity contribution in [1.29, 1.82) is 0 Å². The van der Waals surface area contributed by atoms with E-state index in [4.69, 9.17) is 9.47 Å². The molecule has 0 amide bonds. The Labute approximate surface area is 121 Å². The van der Waals surface area contributed by atoms with Crippen LogP contribution >= 0.6 is 0 Å². The van der Waals surface area contributed by atoms with Crippen LogP contribution in [0.25, 0.3) is 0 Å². The molecule has 2 aliphatic heterocycles. The number of nitrogens with zero attached hydrogens (tertiary/aromatic N) is 1. The summed E-state index contributed by atoms with van der Waals surface area (Å²) in [6, 6.07) is 0. The van der Waals surface area contributed by atoms with E-state index in [-0.39, 0.29) is 24.1 Å². The maximum Gasteiger partial charge on any atom is 0.309 e. The number of piperidine rings is 1. The van der Waals surface area contributed by atoms with Gasteiger partial charge >= 0.3 is 5.97 Å². The van der Waals surface area contributed by atoms with Crippen LogP contribution in [0.5, 0.6) is 0 Å². The molecule has 2 rings (SSSR count). The molecule has 5 nitrogen and oxygen atoms in total. The lowest BCUT2D eigenvalue weighted by Crippen LogP contribution is -2.41. The van der Waals surface area contributed by atoms with Crippen LogP contribution in [0.15, 0.2) is 0 Å². The average Bonchev–Trinajstić information content (AvgIpc) is 2.47. The number of hydrogen-bond donors (Lipinski definition) is 1. The van der Waals surface area contributed by atoms with Gasteiger partial charge < -0.3 is 19.5 Å². The maximum absolute atomic E-state index is 11.7. The van der Waals surface area contributed by atoms with Gasteiger partial charge in [-0.1, -0.05) is 0 Å². The van der Waals surface area contributed by atoms with E-state index in [2.05, 4.69) is 4.90 Å². The molecule has 116 valence electrons. The first kappa shape index (κ1) is 15.7. The quantitative estimate of drug-likeness (QED) is 0.769. The van der Waals surface area contributed by atoms with Gasteiger partial charge in [0.05, 0.1) is 24.7 Å². The van der Waals surface area contributed by atoms with E-state index in [0.29, 0.717) is 6.61 Å². The van der Waals surface area contributed by atoms with Gasteiger partial charge in [-0.15, -0.1) is 0 Å². The average molecular weight is 285 g/mol. The van der Waals surface area contributed by atoms with E-state index >= 15 is 0 Å². The molecule has 0 bridgehead atoms. The van der Waals surface area contributed by atoms with Crippen molar-refractivity contribution in [2.24, 2.45) is 5.92 Å². The Hall–Kier alpha value is -0.650. The smallest absolute Gasteiger partial charge is 0.309 e. The summed E-state index contributed by atoms with van der Waals surface area (Å²) in [6.45, 7) is 5.90. The molecule has 0 spiro atoms. The first-order chi connectivity index (χ1) is 9.70. The molecule has 2 aliphatic rings. The predicted molar refractivity (Wildman–Crippen MR) is 75.4 cm³/mol. The fourth-order valence-electron chi connectivity index (χ4n) is 3.06. The highest BCUT2D eigenvalue weighted by Gasteiger charge is 2.28. The monoisotopic (exact) mass is 285 g/mol. The molecule has 0 unspecified atom stereocenters. The fourth-order valence-corrected chi connectivity index (χ4v) is 3.06. The second-order valence-electron chi connectivity index (χ2n) is 5.78. The highest BCUT2D eigenvalue weighted by atomic mass is 16.5. The minimum Gasteiger partial charge on any atom is -0.466 e. The minimum atomic E-state index is -0.305. The number of hydrogen-bond acceptors (Lipinski definition) is 5. The molecule has 2 saturated heterocycles. The molecular formula is C15H27NO4. The summed E-state index contributed by atoms with van der Waals surface area (Å²) >= 11 is 0. The number of esters is 1. The van der Waals surface area contributed by atoms with E-state index in [9.17, 15) is 9.90 Å². The van der Waals surface area contributed by atoms with Crippen LogP contribution in [0.3, 0.4) is 0 Å². The normalized spacial score (nSPS) is 29.3. The SMILES string of the molecule is CCOC(=O)C1CCN(CC[C@@H]2OCCC[C@@H]2O)CC1. The van der Waals surface area contributed by atoms with Crippen molar-refractivity contribution in [3.8, 4) is 0 Å². The van der Waals surface area contributed by atoms with Crippen LogP contribution in [-0.4, -0.2) is 61.0 Å². The van der Waals surface area contributed by atoms with Crippen LogP contribution in [0, 0.1) is 5.92 Å². The van der Waals surface area contributed by atoms with E-state index in [1.165, 1.54) is 0 Å². The molecule has 20 heavy (non-hydrogen) atoms. The van der Waals surface area contributed by atoms with Gasteiger partial charge in [-0.05, 0) is 52.1 Å². The van der Waals surface area contributed by atoms with Gasteiger partial charge in [0.25, 0.3) is 0 Å². The maximum atomic E-state index is 11.7. The van der Waals surface area contributed by atoms with Crippen molar-refractivity contribution in [1.82, 2.24) is 4.90 Å². The molecule has 5 heteroatoms. The summed E-state index contributed by atoms with van der Waals surface area (Å²) in [5, 5.41) is 9.87. The number of carbonyl (C=O) groups is 1. The van der Waals surface area contributed by atoms with Crippen LogP contribution in [0.2, 0.25) is 0 Å². The molecule has 0 aromatic rings. The highest BCUT2D eigenvalue weighted by Crippen LogP contribution is 2.21. The van der Waals surface area contributed by atoms with Crippen molar-refractivity contribution in [3.05, 3.63) is 0 Å². The third kappa shape index (κ3) is 4.43. The second kappa shape index (κ2) is 7.96. The Morgan fingerprint density at radius 3 is 2.75 bits per heavy atom. The van der Waals surface area contributed by atoms with Gasteiger partial charge in [0, 0.05) is 13.2 Å². The number of aliphatic hydroxyl groups is 1. The minimum absolute atomic E-state index is 0.00784. The zero-order valence-electron chi connectivity index (χ0n) is 12.4. The van der Waals surface area contributed by atoms with Crippen molar-refractivity contribution in [3.63, 3.8) is 0 Å². The van der Waals surface area contributed by atoms with Crippen molar-refractivity contribution in [2.45, 2.75) is 51.2 Å².